The zero-order valence-electron chi connectivity index (χ0n) is 7.41. The van der Waals surface area contributed by atoms with Crippen LogP contribution in [0.15, 0.2) is 0 Å². The molecule has 1 unspecified atom stereocenters. The molecule has 3 heteroatoms. The zero-order valence-corrected chi connectivity index (χ0v) is 7.41. The minimum atomic E-state index is 0.348. The molecule has 0 aromatic rings. The normalized spacial score (nSPS) is 37.8. The molecule has 2 rings (SSSR count). The van der Waals surface area contributed by atoms with Gasteiger partial charge in [0.15, 0.2) is 0 Å². The van der Waals surface area contributed by atoms with Crippen molar-refractivity contribution in [3.8, 4) is 0 Å². The van der Waals surface area contributed by atoms with Crippen molar-refractivity contribution >= 4 is 0 Å². The number of nitrogens with zero attached hydrogens (tertiary/aromatic N) is 1. The third kappa shape index (κ3) is 1.49. The lowest BCUT2D eigenvalue weighted by atomic mass is 9.98. The Balaban J connectivity index is 1.99. The van der Waals surface area contributed by atoms with Gasteiger partial charge in [-0.1, -0.05) is 0 Å². The third-order valence-electron chi connectivity index (χ3n) is 3.08. The topological polar surface area (TPSA) is 32.7 Å². The fraction of sp³-hybridized carbons (Fsp3) is 1.00. The Morgan fingerprint density at radius 3 is 3.17 bits per heavy atom. The molecule has 0 amide bonds. The number of aliphatic hydroxyl groups excluding tert-OH is 1. The van der Waals surface area contributed by atoms with Gasteiger partial charge in [-0.2, -0.15) is 0 Å². The smallest absolute Gasteiger partial charge is 0.0992 e. The first kappa shape index (κ1) is 8.48. The van der Waals surface area contributed by atoms with Crippen molar-refractivity contribution < 1.29 is 9.84 Å². The Morgan fingerprint density at radius 1 is 1.42 bits per heavy atom. The quantitative estimate of drug-likeness (QED) is 0.621. The van der Waals surface area contributed by atoms with Gasteiger partial charge in [-0.05, 0) is 25.2 Å². The van der Waals surface area contributed by atoms with Crippen molar-refractivity contribution in [2.24, 2.45) is 5.92 Å². The van der Waals surface area contributed by atoms with Gasteiger partial charge >= 0.3 is 0 Å². The van der Waals surface area contributed by atoms with Crippen LogP contribution in [0.3, 0.4) is 0 Å². The number of hydrogen-bond donors (Lipinski definition) is 1. The number of rotatable bonds is 1. The van der Waals surface area contributed by atoms with Crippen LogP contribution in [0, 0.1) is 5.92 Å². The molecule has 2 aliphatic heterocycles. The van der Waals surface area contributed by atoms with Crippen LogP contribution >= 0.6 is 0 Å². The van der Waals surface area contributed by atoms with Crippen LogP contribution in [0.1, 0.15) is 19.3 Å². The highest BCUT2D eigenvalue weighted by atomic mass is 16.5. The second-order valence-corrected chi connectivity index (χ2v) is 3.79. The fourth-order valence-corrected chi connectivity index (χ4v) is 2.36. The van der Waals surface area contributed by atoms with Gasteiger partial charge < -0.3 is 9.84 Å². The number of fused-ring (bicyclic) bond motifs is 1. The van der Waals surface area contributed by atoms with Crippen molar-refractivity contribution in [1.29, 1.82) is 0 Å². The summed E-state index contributed by atoms with van der Waals surface area (Å²) < 4.78 is 5.45. The summed E-state index contributed by atoms with van der Waals surface area (Å²) in [5.41, 5.74) is 0. The maximum absolute atomic E-state index is 9.13. The first-order valence-electron chi connectivity index (χ1n) is 4.84. The van der Waals surface area contributed by atoms with Gasteiger partial charge in [-0.15, -0.1) is 0 Å². The van der Waals surface area contributed by atoms with Crippen molar-refractivity contribution in [3.05, 3.63) is 0 Å². The molecule has 0 saturated carbocycles. The maximum Gasteiger partial charge on any atom is 0.0992 e. The molecule has 70 valence electrons. The summed E-state index contributed by atoms with van der Waals surface area (Å²) >= 11 is 0. The van der Waals surface area contributed by atoms with Crippen molar-refractivity contribution in [2.45, 2.75) is 25.3 Å². The second kappa shape index (κ2) is 3.73. The van der Waals surface area contributed by atoms with Gasteiger partial charge in [0.1, 0.15) is 0 Å². The van der Waals surface area contributed by atoms with Crippen molar-refractivity contribution in [2.75, 3.05) is 26.5 Å². The number of aliphatic hydroxyl groups is 1. The molecule has 0 radical (unpaired) electrons. The summed E-state index contributed by atoms with van der Waals surface area (Å²) in [7, 11) is 0. The molecular formula is C9H17NO2. The molecule has 0 aromatic carbocycles. The van der Waals surface area contributed by atoms with Gasteiger partial charge in [0, 0.05) is 25.8 Å². The Hall–Kier alpha value is -0.120. The molecule has 0 bridgehead atoms. The highest BCUT2D eigenvalue weighted by Gasteiger charge is 2.34. The molecule has 1 N–H and O–H groups in total. The van der Waals surface area contributed by atoms with E-state index in [1.54, 1.807) is 0 Å². The summed E-state index contributed by atoms with van der Waals surface area (Å²) in [6.45, 7) is 3.13. The van der Waals surface area contributed by atoms with E-state index in [1.165, 1.54) is 6.42 Å². The summed E-state index contributed by atoms with van der Waals surface area (Å²) in [5.74, 6) is 0.506. The molecule has 0 aliphatic carbocycles. The zero-order chi connectivity index (χ0) is 8.39. The predicted octanol–water partition coefficient (Wildman–Crippen LogP) is 0.437. The molecule has 12 heavy (non-hydrogen) atoms. The molecule has 0 aromatic heterocycles. The molecule has 2 saturated heterocycles. The van der Waals surface area contributed by atoms with Crippen LogP contribution in [-0.4, -0.2) is 42.5 Å². The molecule has 0 spiro atoms. The Morgan fingerprint density at radius 2 is 2.33 bits per heavy atom. The Bertz CT molecular complexity index is 151. The second-order valence-electron chi connectivity index (χ2n) is 3.79. The van der Waals surface area contributed by atoms with E-state index in [1.807, 2.05) is 0 Å². The monoisotopic (exact) mass is 171 g/mol. The van der Waals surface area contributed by atoms with E-state index < -0.39 is 0 Å². The van der Waals surface area contributed by atoms with E-state index in [-0.39, 0.29) is 0 Å². The van der Waals surface area contributed by atoms with Gasteiger partial charge in [0.05, 0.1) is 6.73 Å². The molecule has 2 fully saturated rings. The van der Waals surface area contributed by atoms with Crippen LogP contribution in [0.5, 0.6) is 0 Å². The highest BCUT2D eigenvalue weighted by Crippen LogP contribution is 2.28. The summed E-state index contributed by atoms with van der Waals surface area (Å²) in [6.07, 6.45) is 3.49. The standard InChI is InChI=1S/C9H17NO2/c11-6-8-3-4-10-7-12-5-1-2-9(8)10/h8-9,11H,1-7H2/t8-,9?/m0/s1. The fourth-order valence-electron chi connectivity index (χ4n) is 2.36. The summed E-state index contributed by atoms with van der Waals surface area (Å²) in [5, 5.41) is 9.13. The SMILES string of the molecule is OC[C@@H]1CCN2COCCCC12. The van der Waals surface area contributed by atoms with Crippen molar-refractivity contribution in [3.63, 3.8) is 0 Å². The van der Waals surface area contributed by atoms with E-state index in [9.17, 15) is 0 Å². The molecule has 2 heterocycles. The average molecular weight is 171 g/mol. The number of ether oxygens (including phenoxy) is 1. The van der Waals surface area contributed by atoms with Crippen LogP contribution in [0.2, 0.25) is 0 Å². The summed E-state index contributed by atoms with van der Waals surface area (Å²) in [6, 6.07) is 0.595. The lowest BCUT2D eigenvalue weighted by molar-refractivity contribution is 0.0396. The predicted molar refractivity (Wildman–Crippen MR) is 45.7 cm³/mol. The molecular weight excluding hydrogens is 154 g/mol. The maximum atomic E-state index is 9.13. The van der Waals surface area contributed by atoms with Crippen molar-refractivity contribution in [1.82, 2.24) is 4.90 Å². The highest BCUT2D eigenvalue weighted by molar-refractivity contribution is 4.86. The van der Waals surface area contributed by atoms with E-state index in [4.69, 9.17) is 9.84 Å². The molecule has 3 nitrogen and oxygen atoms in total. The van der Waals surface area contributed by atoms with Gasteiger partial charge in [-0.3, -0.25) is 4.90 Å². The molecule has 2 atom stereocenters. The lowest BCUT2D eigenvalue weighted by Crippen LogP contribution is -2.33. The van der Waals surface area contributed by atoms with E-state index in [0.29, 0.717) is 18.6 Å². The van der Waals surface area contributed by atoms with Gasteiger partial charge in [0.2, 0.25) is 0 Å². The number of hydrogen-bond acceptors (Lipinski definition) is 3. The Kier molecular flexibility index (Phi) is 2.63. The molecule has 2 aliphatic rings. The van der Waals surface area contributed by atoms with Gasteiger partial charge in [0.25, 0.3) is 0 Å². The third-order valence-corrected chi connectivity index (χ3v) is 3.08. The summed E-state index contributed by atoms with van der Waals surface area (Å²) in [4.78, 5) is 2.37. The lowest BCUT2D eigenvalue weighted by Gasteiger charge is -2.23. The first-order valence-corrected chi connectivity index (χ1v) is 4.84. The van der Waals surface area contributed by atoms with Crippen LogP contribution in [-0.2, 0) is 4.74 Å². The van der Waals surface area contributed by atoms with Crippen LogP contribution < -0.4 is 0 Å². The van der Waals surface area contributed by atoms with Crippen LogP contribution in [0.25, 0.3) is 0 Å². The van der Waals surface area contributed by atoms with E-state index in [2.05, 4.69) is 4.90 Å². The van der Waals surface area contributed by atoms with Crippen LogP contribution in [0.4, 0.5) is 0 Å². The largest absolute Gasteiger partial charge is 0.396 e. The minimum Gasteiger partial charge on any atom is -0.396 e. The average Bonchev–Trinajstić information content (AvgIpc) is 2.33. The minimum absolute atomic E-state index is 0.348. The van der Waals surface area contributed by atoms with Gasteiger partial charge in [-0.25, -0.2) is 0 Å². The van der Waals surface area contributed by atoms with E-state index in [0.717, 1.165) is 32.7 Å². The Labute approximate surface area is 73.3 Å². The first-order chi connectivity index (χ1) is 5.92. The van der Waals surface area contributed by atoms with E-state index >= 15 is 0 Å².